The van der Waals surface area contributed by atoms with Crippen LogP contribution in [0.2, 0.25) is 5.02 Å². The van der Waals surface area contributed by atoms with Crippen LogP contribution in [0, 0.1) is 10.1 Å². The Morgan fingerprint density at radius 3 is 2.67 bits per heavy atom. The van der Waals surface area contributed by atoms with Crippen LogP contribution in [0.15, 0.2) is 36.4 Å². The second-order valence-electron chi connectivity index (χ2n) is 5.47. The molecule has 0 heterocycles. The molecule has 1 amide bonds. The summed E-state index contributed by atoms with van der Waals surface area (Å²) in [5.41, 5.74) is 12.8. The lowest BCUT2D eigenvalue weighted by Crippen LogP contribution is -2.11. The summed E-state index contributed by atoms with van der Waals surface area (Å²) in [7, 11) is 0. The van der Waals surface area contributed by atoms with Gasteiger partial charge in [-0.15, -0.1) is 0 Å². The second-order valence-corrected chi connectivity index (χ2v) is 5.87. The maximum atomic E-state index is 12.1. The molecule has 2 rings (SSSR count). The monoisotopic (exact) mass is 391 g/mol. The summed E-state index contributed by atoms with van der Waals surface area (Å²) in [4.78, 5) is 22.8. The molecule has 0 unspecified atom stereocenters. The Labute approximate surface area is 159 Å². The van der Waals surface area contributed by atoms with Crippen molar-refractivity contribution in [2.45, 2.75) is 0 Å². The maximum absolute atomic E-state index is 12.1. The van der Waals surface area contributed by atoms with Gasteiger partial charge in [-0.3, -0.25) is 14.9 Å². The molecule has 0 bridgehead atoms. The third-order valence-corrected chi connectivity index (χ3v) is 3.81. The van der Waals surface area contributed by atoms with Crippen molar-refractivity contribution in [3.05, 3.63) is 57.1 Å². The molecule has 0 spiro atoms. The van der Waals surface area contributed by atoms with Crippen molar-refractivity contribution in [2.24, 2.45) is 0 Å². The van der Waals surface area contributed by atoms with E-state index < -0.39 is 10.8 Å². The molecule has 2 aromatic carbocycles. The first kappa shape index (κ1) is 20.0. The zero-order valence-corrected chi connectivity index (χ0v) is 14.9. The molecule has 27 heavy (non-hydrogen) atoms. The molecule has 0 fully saturated rings. The molecule has 0 saturated heterocycles. The number of benzene rings is 2. The van der Waals surface area contributed by atoms with Crippen molar-refractivity contribution in [2.75, 3.05) is 35.3 Å². The van der Waals surface area contributed by atoms with Crippen molar-refractivity contribution in [3.8, 4) is 0 Å². The fourth-order valence-corrected chi connectivity index (χ4v) is 2.45. The van der Waals surface area contributed by atoms with E-state index in [1.165, 1.54) is 24.3 Å². The average molecular weight is 392 g/mol. The molecule has 7 N–H and O–H groups in total. The Hall–Kier alpha value is -3.30. The van der Waals surface area contributed by atoms with Gasteiger partial charge in [-0.25, -0.2) is 0 Å². The van der Waals surface area contributed by atoms with E-state index >= 15 is 0 Å². The highest BCUT2D eigenvalue weighted by Gasteiger charge is 2.19. The number of carbonyl (C=O) groups is 1. The minimum Gasteiger partial charge on any atom is -0.399 e. The fraction of sp³-hybridized carbons (Fsp3) is 0.118. The molecule has 0 aliphatic rings. The van der Waals surface area contributed by atoms with Gasteiger partial charge in [0.2, 0.25) is 5.91 Å². The predicted octanol–water partition coefficient (Wildman–Crippen LogP) is 2.47. The minimum absolute atomic E-state index is 0.0604. The zero-order chi connectivity index (χ0) is 20.0. The van der Waals surface area contributed by atoms with E-state index in [2.05, 4.69) is 10.6 Å². The quantitative estimate of drug-likeness (QED) is 0.210. The molecule has 0 aliphatic heterocycles. The lowest BCUT2D eigenvalue weighted by atomic mass is 10.1. The zero-order valence-electron chi connectivity index (χ0n) is 14.1. The van der Waals surface area contributed by atoms with Gasteiger partial charge in [-0.2, -0.15) is 0 Å². The Bertz CT molecular complexity index is 901. The van der Waals surface area contributed by atoms with Gasteiger partial charge in [0.15, 0.2) is 0 Å². The molecule has 10 heteroatoms. The normalized spacial score (nSPS) is 10.7. The molecule has 9 nitrogen and oxygen atoms in total. The number of nitrogen functional groups attached to an aromatic ring is 2. The van der Waals surface area contributed by atoms with Gasteiger partial charge in [0.25, 0.3) is 5.69 Å². The third kappa shape index (κ3) is 5.33. The van der Waals surface area contributed by atoms with E-state index in [0.717, 1.165) is 0 Å². The number of carbonyl (C=O) groups excluding carboxylic acids is 1. The number of hydrogen-bond acceptors (Lipinski definition) is 7. The van der Waals surface area contributed by atoms with Crippen molar-refractivity contribution >= 4 is 52.0 Å². The Morgan fingerprint density at radius 1 is 1.26 bits per heavy atom. The van der Waals surface area contributed by atoms with Crippen molar-refractivity contribution in [1.29, 1.82) is 0 Å². The first-order valence-electron chi connectivity index (χ1n) is 7.78. The lowest BCUT2D eigenvalue weighted by molar-refractivity contribution is -0.383. The van der Waals surface area contributed by atoms with Crippen molar-refractivity contribution in [3.63, 3.8) is 0 Å². The van der Waals surface area contributed by atoms with Gasteiger partial charge in [-0.1, -0.05) is 11.6 Å². The number of amides is 1. The van der Waals surface area contributed by atoms with Gasteiger partial charge in [-0.05, 0) is 35.9 Å². The summed E-state index contributed by atoms with van der Waals surface area (Å²) in [6.07, 6.45) is 2.63. The van der Waals surface area contributed by atoms with Crippen molar-refractivity contribution < 1.29 is 14.8 Å². The second kappa shape index (κ2) is 8.88. The van der Waals surface area contributed by atoms with E-state index in [1.54, 1.807) is 18.2 Å². The topological polar surface area (TPSA) is 157 Å². The molecular weight excluding hydrogens is 374 g/mol. The number of nitro benzene ring substituents is 1. The predicted molar refractivity (Wildman–Crippen MR) is 107 cm³/mol. The van der Waals surface area contributed by atoms with Gasteiger partial charge in [0.1, 0.15) is 5.69 Å². The molecular formula is C17H18ClN5O4. The Kier molecular flexibility index (Phi) is 6.58. The number of nitro groups is 1. The highest BCUT2D eigenvalue weighted by atomic mass is 35.5. The Morgan fingerprint density at radius 2 is 2.00 bits per heavy atom. The van der Waals surface area contributed by atoms with Crippen LogP contribution in [0.3, 0.4) is 0 Å². The number of nitrogens with two attached hydrogens (primary N) is 2. The summed E-state index contributed by atoms with van der Waals surface area (Å²) >= 11 is 6.07. The van der Waals surface area contributed by atoms with E-state index in [-0.39, 0.29) is 35.2 Å². The van der Waals surface area contributed by atoms with Crippen LogP contribution in [-0.2, 0) is 4.79 Å². The summed E-state index contributed by atoms with van der Waals surface area (Å²) < 4.78 is 0. The first-order chi connectivity index (χ1) is 12.8. The van der Waals surface area contributed by atoms with E-state index in [0.29, 0.717) is 16.9 Å². The third-order valence-electron chi connectivity index (χ3n) is 3.49. The lowest BCUT2D eigenvalue weighted by Gasteiger charge is -2.10. The minimum atomic E-state index is -0.643. The highest BCUT2D eigenvalue weighted by molar-refractivity contribution is 6.33. The number of nitrogens with one attached hydrogen (secondary N) is 2. The fourth-order valence-electron chi connectivity index (χ4n) is 2.22. The van der Waals surface area contributed by atoms with Crippen LogP contribution < -0.4 is 22.1 Å². The van der Waals surface area contributed by atoms with Crippen molar-refractivity contribution in [1.82, 2.24) is 0 Å². The van der Waals surface area contributed by atoms with E-state index in [1.807, 2.05) is 0 Å². The summed E-state index contributed by atoms with van der Waals surface area (Å²) in [6, 6.07) is 7.29. The van der Waals surface area contributed by atoms with Crippen LogP contribution in [0.4, 0.5) is 28.4 Å². The molecule has 0 saturated carbocycles. The van der Waals surface area contributed by atoms with Crippen LogP contribution in [0.1, 0.15) is 5.56 Å². The average Bonchev–Trinajstić information content (AvgIpc) is 2.61. The van der Waals surface area contributed by atoms with Crippen LogP contribution in [0.25, 0.3) is 6.08 Å². The SMILES string of the molecule is Nc1ccc(N)c(/C=C\C(=O)Nc2cc(Cl)c(NCCO)cc2[N+](=O)[O-])c1. The van der Waals surface area contributed by atoms with Gasteiger partial charge >= 0.3 is 0 Å². The number of nitrogens with zero attached hydrogens (tertiary/aromatic N) is 1. The smallest absolute Gasteiger partial charge is 0.294 e. The molecule has 0 aromatic heterocycles. The van der Waals surface area contributed by atoms with Crippen LogP contribution in [-0.4, -0.2) is 29.1 Å². The number of aliphatic hydroxyl groups excluding tert-OH is 1. The summed E-state index contributed by atoms with van der Waals surface area (Å²) in [6.45, 7) is 0.00743. The first-order valence-corrected chi connectivity index (χ1v) is 8.16. The maximum Gasteiger partial charge on any atom is 0.294 e. The van der Waals surface area contributed by atoms with E-state index in [9.17, 15) is 14.9 Å². The van der Waals surface area contributed by atoms with Gasteiger partial charge in [0, 0.05) is 30.1 Å². The number of hydrogen-bond donors (Lipinski definition) is 5. The van der Waals surface area contributed by atoms with E-state index in [4.69, 9.17) is 28.2 Å². The standard InChI is InChI=1S/C17H18ClN5O4/c18-12-8-15(16(23(26)27)9-14(12)21-5-6-24)22-17(25)4-1-10-7-11(19)2-3-13(10)20/h1-4,7-9,21,24H,5-6,19-20H2,(H,22,25)/b4-1-. The summed E-state index contributed by atoms with van der Waals surface area (Å²) in [5.74, 6) is -0.605. The molecule has 0 aliphatic carbocycles. The Balaban J connectivity index is 2.23. The molecule has 0 atom stereocenters. The highest BCUT2D eigenvalue weighted by Crippen LogP contribution is 2.34. The molecule has 142 valence electrons. The number of rotatable bonds is 7. The molecule has 0 radical (unpaired) electrons. The number of halogens is 1. The van der Waals surface area contributed by atoms with Gasteiger partial charge in [0.05, 0.1) is 22.2 Å². The summed E-state index contributed by atoms with van der Waals surface area (Å²) in [5, 5.41) is 25.5. The van der Waals surface area contributed by atoms with Gasteiger partial charge < -0.3 is 27.2 Å². The largest absolute Gasteiger partial charge is 0.399 e. The number of anilines is 4. The molecule has 2 aromatic rings. The van der Waals surface area contributed by atoms with Crippen LogP contribution >= 0.6 is 11.6 Å². The van der Waals surface area contributed by atoms with Crippen LogP contribution in [0.5, 0.6) is 0 Å². The number of aliphatic hydroxyl groups is 1.